The number of carbonyl (C=O) groups excluding carboxylic acids is 1. The molecule has 2 amide bonds. The average Bonchev–Trinajstić information content (AvgIpc) is 2.55. The number of aliphatic hydroxyl groups is 1. The molecular formula is C18H21ClN2O2. The lowest BCUT2D eigenvalue weighted by molar-refractivity contribution is 0.244. The quantitative estimate of drug-likeness (QED) is 0.739. The third-order valence-corrected chi connectivity index (χ3v) is 3.84. The fourth-order valence-electron chi connectivity index (χ4n) is 2.35. The molecule has 0 saturated carbocycles. The van der Waals surface area contributed by atoms with Crippen LogP contribution in [0.15, 0.2) is 48.5 Å². The van der Waals surface area contributed by atoms with E-state index in [1.54, 1.807) is 12.1 Å². The first kappa shape index (κ1) is 17.3. The van der Waals surface area contributed by atoms with Crippen molar-refractivity contribution in [1.29, 1.82) is 0 Å². The van der Waals surface area contributed by atoms with Gasteiger partial charge in [-0.05, 0) is 43.0 Å². The number of aliphatic hydroxyl groups excluding tert-OH is 1. The highest BCUT2D eigenvalue weighted by Crippen LogP contribution is 2.21. The van der Waals surface area contributed by atoms with Crippen LogP contribution in [0.4, 0.5) is 10.5 Å². The van der Waals surface area contributed by atoms with Crippen LogP contribution in [0.3, 0.4) is 0 Å². The summed E-state index contributed by atoms with van der Waals surface area (Å²) in [7, 11) is 0. The summed E-state index contributed by atoms with van der Waals surface area (Å²) in [6.07, 6.45) is 1.29. The summed E-state index contributed by atoms with van der Waals surface area (Å²) in [4.78, 5) is 12.3. The molecule has 2 aromatic carbocycles. The minimum absolute atomic E-state index is 0.0973. The third kappa shape index (κ3) is 5.27. The predicted molar refractivity (Wildman–Crippen MR) is 93.8 cm³/mol. The number of nitrogens with one attached hydrogen (secondary N) is 2. The largest absolute Gasteiger partial charge is 0.396 e. The van der Waals surface area contributed by atoms with Gasteiger partial charge >= 0.3 is 6.03 Å². The number of rotatable bonds is 6. The summed E-state index contributed by atoms with van der Waals surface area (Å²) < 4.78 is 0. The minimum Gasteiger partial charge on any atom is -0.396 e. The lowest BCUT2D eigenvalue weighted by atomic mass is 10.0. The second-order valence-electron chi connectivity index (χ2n) is 5.39. The van der Waals surface area contributed by atoms with Gasteiger partial charge in [-0.3, -0.25) is 0 Å². The fourth-order valence-corrected chi connectivity index (χ4v) is 2.52. The summed E-state index contributed by atoms with van der Waals surface area (Å²) in [6, 6.07) is 14.7. The van der Waals surface area contributed by atoms with Gasteiger partial charge in [-0.25, -0.2) is 4.79 Å². The summed E-state index contributed by atoms with van der Waals surface area (Å²) in [5.74, 6) is 0. The summed E-state index contributed by atoms with van der Waals surface area (Å²) in [5, 5.41) is 15.4. The molecule has 0 saturated heterocycles. The van der Waals surface area contributed by atoms with Crippen molar-refractivity contribution < 1.29 is 9.90 Å². The smallest absolute Gasteiger partial charge is 0.319 e. The predicted octanol–water partition coefficient (Wildman–Crippen LogP) is 4.28. The van der Waals surface area contributed by atoms with Crippen LogP contribution >= 0.6 is 11.6 Å². The standard InChI is InChI=1S/C18H21ClN2O2/c1-13-9-10-15(19)12-17(13)21-18(23)20-16(8-5-11-22)14-6-3-2-4-7-14/h2-4,6-7,9-10,12,16,22H,5,8,11H2,1H3,(H2,20,21,23). The van der Waals surface area contributed by atoms with E-state index in [9.17, 15) is 4.79 Å². The van der Waals surface area contributed by atoms with Gasteiger partial charge in [-0.15, -0.1) is 0 Å². The van der Waals surface area contributed by atoms with E-state index in [1.807, 2.05) is 43.3 Å². The third-order valence-electron chi connectivity index (χ3n) is 3.61. The zero-order valence-electron chi connectivity index (χ0n) is 13.1. The first-order chi connectivity index (χ1) is 11.1. The van der Waals surface area contributed by atoms with Gasteiger partial charge in [0.05, 0.1) is 6.04 Å². The molecule has 4 nitrogen and oxygen atoms in total. The van der Waals surface area contributed by atoms with Gasteiger partial charge in [0.25, 0.3) is 0 Å². The van der Waals surface area contributed by atoms with Crippen molar-refractivity contribution in [1.82, 2.24) is 5.32 Å². The highest BCUT2D eigenvalue weighted by atomic mass is 35.5. The lowest BCUT2D eigenvalue weighted by Gasteiger charge is -2.20. The van der Waals surface area contributed by atoms with Gasteiger partial charge < -0.3 is 15.7 Å². The van der Waals surface area contributed by atoms with E-state index in [0.717, 1.165) is 11.1 Å². The van der Waals surface area contributed by atoms with Crippen LogP contribution in [0, 0.1) is 6.92 Å². The molecule has 122 valence electrons. The van der Waals surface area contributed by atoms with E-state index in [1.165, 1.54) is 0 Å². The maximum absolute atomic E-state index is 12.3. The molecule has 0 spiro atoms. The normalized spacial score (nSPS) is 11.8. The van der Waals surface area contributed by atoms with Crippen LogP contribution in [0.5, 0.6) is 0 Å². The molecule has 2 rings (SSSR count). The zero-order valence-corrected chi connectivity index (χ0v) is 13.8. The Hall–Kier alpha value is -2.04. The van der Waals surface area contributed by atoms with E-state index < -0.39 is 0 Å². The molecule has 5 heteroatoms. The van der Waals surface area contributed by atoms with Crippen LogP contribution in [-0.4, -0.2) is 17.7 Å². The number of amides is 2. The summed E-state index contributed by atoms with van der Waals surface area (Å²) >= 11 is 5.97. The number of aryl methyl sites for hydroxylation is 1. The highest BCUT2D eigenvalue weighted by molar-refractivity contribution is 6.31. The van der Waals surface area contributed by atoms with E-state index in [4.69, 9.17) is 16.7 Å². The Bertz CT molecular complexity index is 647. The maximum Gasteiger partial charge on any atom is 0.319 e. The van der Waals surface area contributed by atoms with E-state index in [0.29, 0.717) is 23.6 Å². The molecule has 0 bridgehead atoms. The molecule has 1 unspecified atom stereocenters. The molecule has 0 fully saturated rings. The molecule has 0 heterocycles. The van der Waals surface area contributed by atoms with Crippen LogP contribution in [0.1, 0.15) is 30.0 Å². The first-order valence-corrected chi connectivity index (χ1v) is 7.97. The zero-order chi connectivity index (χ0) is 16.7. The molecule has 0 aliphatic rings. The monoisotopic (exact) mass is 332 g/mol. The van der Waals surface area contributed by atoms with E-state index in [2.05, 4.69) is 10.6 Å². The Kier molecular flexibility index (Phi) is 6.44. The Labute approximate surface area is 141 Å². The molecule has 0 radical (unpaired) electrons. The second kappa shape index (κ2) is 8.56. The molecule has 0 aromatic heterocycles. The summed E-state index contributed by atoms with van der Waals surface area (Å²) in [6.45, 7) is 2.01. The molecule has 0 aliphatic carbocycles. The second-order valence-corrected chi connectivity index (χ2v) is 5.82. The van der Waals surface area contributed by atoms with E-state index >= 15 is 0 Å². The van der Waals surface area contributed by atoms with Crippen molar-refractivity contribution >= 4 is 23.3 Å². The van der Waals surface area contributed by atoms with Crippen LogP contribution < -0.4 is 10.6 Å². The van der Waals surface area contributed by atoms with Crippen molar-refractivity contribution in [2.24, 2.45) is 0 Å². The molecule has 2 aromatic rings. The Morgan fingerprint density at radius 2 is 1.96 bits per heavy atom. The highest BCUT2D eigenvalue weighted by Gasteiger charge is 2.14. The number of hydrogen-bond acceptors (Lipinski definition) is 2. The Balaban J connectivity index is 2.06. The first-order valence-electron chi connectivity index (χ1n) is 7.59. The summed E-state index contributed by atoms with van der Waals surface area (Å²) in [5.41, 5.74) is 2.64. The van der Waals surface area contributed by atoms with Crippen molar-refractivity contribution in [3.8, 4) is 0 Å². The van der Waals surface area contributed by atoms with Crippen molar-refractivity contribution in [2.75, 3.05) is 11.9 Å². The number of urea groups is 1. The molecule has 23 heavy (non-hydrogen) atoms. The molecule has 3 N–H and O–H groups in total. The number of hydrogen-bond donors (Lipinski definition) is 3. The van der Waals surface area contributed by atoms with Gasteiger partial charge in [-0.1, -0.05) is 48.0 Å². The lowest BCUT2D eigenvalue weighted by Crippen LogP contribution is -2.33. The Morgan fingerprint density at radius 1 is 1.22 bits per heavy atom. The Morgan fingerprint density at radius 3 is 2.65 bits per heavy atom. The van der Waals surface area contributed by atoms with Gasteiger partial charge in [0.2, 0.25) is 0 Å². The van der Waals surface area contributed by atoms with Crippen molar-refractivity contribution in [2.45, 2.75) is 25.8 Å². The SMILES string of the molecule is Cc1ccc(Cl)cc1NC(=O)NC(CCCO)c1ccccc1. The molecule has 1 atom stereocenters. The van der Waals surface area contributed by atoms with Crippen LogP contribution in [-0.2, 0) is 0 Å². The number of benzene rings is 2. The molecular weight excluding hydrogens is 312 g/mol. The van der Waals surface area contributed by atoms with Gasteiger partial charge in [0.15, 0.2) is 0 Å². The fraction of sp³-hybridized carbons (Fsp3) is 0.278. The van der Waals surface area contributed by atoms with Crippen LogP contribution in [0.25, 0.3) is 0 Å². The van der Waals surface area contributed by atoms with Crippen LogP contribution in [0.2, 0.25) is 5.02 Å². The minimum atomic E-state index is -0.290. The van der Waals surface area contributed by atoms with Crippen molar-refractivity contribution in [3.63, 3.8) is 0 Å². The molecule has 0 aliphatic heterocycles. The van der Waals surface area contributed by atoms with E-state index in [-0.39, 0.29) is 18.7 Å². The number of anilines is 1. The van der Waals surface area contributed by atoms with Crippen molar-refractivity contribution in [3.05, 3.63) is 64.7 Å². The van der Waals surface area contributed by atoms with Gasteiger partial charge in [0.1, 0.15) is 0 Å². The number of halogens is 1. The average molecular weight is 333 g/mol. The topological polar surface area (TPSA) is 61.4 Å². The number of carbonyl (C=O) groups is 1. The van der Waals surface area contributed by atoms with Gasteiger partial charge in [-0.2, -0.15) is 0 Å². The van der Waals surface area contributed by atoms with Gasteiger partial charge in [0, 0.05) is 17.3 Å². The maximum atomic E-state index is 12.3.